The maximum atomic E-state index is 14.1. The number of morpholine rings is 1. The van der Waals surface area contributed by atoms with Crippen LogP contribution in [0.15, 0.2) is 66.4 Å². The number of aryl methyl sites for hydroxylation is 2. The van der Waals surface area contributed by atoms with Crippen molar-refractivity contribution in [1.29, 1.82) is 0 Å². The smallest absolute Gasteiger partial charge is 0.194 e. The van der Waals surface area contributed by atoms with Crippen LogP contribution in [0, 0.1) is 19.7 Å². The molecule has 7 rings (SSSR count). The number of aromatic nitrogens is 2. The zero-order valence-corrected chi connectivity index (χ0v) is 25.8. The Morgan fingerprint density at radius 1 is 0.978 bits per heavy atom. The molecule has 232 valence electrons. The number of hydrogen-bond acceptors (Lipinski definition) is 7. The van der Waals surface area contributed by atoms with Gasteiger partial charge in [-0.2, -0.15) is 5.10 Å². The number of ether oxygens (including phenoxy) is 2. The Morgan fingerprint density at radius 2 is 1.73 bits per heavy atom. The number of carbonyl (C=O) groups excluding carboxylic acids is 1. The highest BCUT2D eigenvalue weighted by Gasteiger charge is 2.29. The maximum absolute atomic E-state index is 14.1. The number of ketones is 1. The zero-order chi connectivity index (χ0) is 31.1. The van der Waals surface area contributed by atoms with Gasteiger partial charge in [0.1, 0.15) is 11.6 Å². The van der Waals surface area contributed by atoms with Gasteiger partial charge in [0.15, 0.2) is 17.3 Å². The molecule has 0 atom stereocenters. The van der Waals surface area contributed by atoms with E-state index in [0.717, 1.165) is 63.4 Å². The van der Waals surface area contributed by atoms with Gasteiger partial charge in [-0.1, -0.05) is 12.1 Å². The molecule has 0 bridgehead atoms. The molecule has 2 N–H and O–H groups in total. The molecule has 2 aliphatic heterocycles. The van der Waals surface area contributed by atoms with Gasteiger partial charge < -0.3 is 20.1 Å². The quantitative estimate of drug-likeness (QED) is 0.253. The lowest BCUT2D eigenvalue weighted by molar-refractivity contribution is 0.0115. The first-order valence-corrected chi connectivity index (χ1v) is 15.7. The summed E-state index contributed by atoms with van der Waals surface area (Å²) >= 11 is 0. The number of hydrogen-bond donors (Lipinski definition) is 1. The van der Waals surface area contributed by atoms with Crippen molar-refractivity contribution in [1.82, 2.24) is 14.7 Å². The fraction of sp³-hybridized carbons (Fsp3) is 0.333. The summed E-state index contributed by atoms with van der Waals surface area (Å²) in [6.07, 6.45) is 6.42. The number of nitrogen functional groups attached to an aromatic ring is 1. The van der Waals surface area contributed by atoms with E-state index < -0.39 is 5.82 Å². The molecule has 1 aromatic heterocycles. The summed E-state index contributed by atoms with van der Waals surface area (Å²) in [5.41, 5.74) is 13.9. The molecule has 0 unspecified atom stereocenters. The average molecular weight is 608 g/mol. The van der Waals surface area contributed by atoms with Crippen LogP contribution in [0.2, 0.25) is 0 Å². The lowest BCUT2D eigenvalue weighted by Gasteiger charge is -2.41. The molecule has 4 aromatic rings. The van der Waals surface area contributed by atoms with Crippen molar-refractivity contribution in [2.45, 2.75) is 39.2 Å². The van der Waals surface area contributed by atoms with Crippen LogP contribution in [0.5, 0.6) is 11.5 Å². The summed E-state index contributed by atoms with van der Waals surface area (Å²) in [6.45, 7) is 9.87. The fourth-order valence-corrected chi connectivity index (χ4v) is 6.88. The van der Waals surface area contributed by atoms with Crippen LogP contribution < -0.4 is 15.4 Å². The Kier molecular flexibility index (Phi) is 7.89. The molecule has 8 nitrogen and oxygen atoms in total. The molecule has 3 heterocycles. The number of piperidine rings is 1. The zero-order valence-electron chi connectivity index (χ0n) is 25.8. The highest BCUT2D eigenvalue weighted by molar-refractivity contribution is 6.15. The van der Waals surface area contributed by atoms with Gasteiger partial charge in [-0.05, 0) is 97.5 Å². The minimum absolute atomic E-state index is 0.113. The number of nitrogens with two attached hydrogens (primary N) is 1. The van der Waals surface area contributed by atoms with E-state index in [4.69, 9.17) is 15.2 Å². The Hall–Kier alpha value is -4.47. The van der Waals surface area contributed by atoms with Gasteiger partial charge in [0.25, 0.3) is 0 Å². The largest absolute Gasteiger partial charge is 0.454 e. The van der Waals surface area contributed by atoms with Gasteiger partial charge in [0.2, 0.25) is 0 Å². The number of rotatable bonds is 7. The number of nitrogens with zero attached hydrogens (tertiary/aromatic N) is 4. The van der Waals surface area contributed by atoms with E-state index in [2.05, 4.69) is 34.0 Å². The topological polar surface area (TPSA) is 85.8 Å². The summed E-state index contributed by atoms with van der Waals surface area (Å²) in [6, 6.07) is 16.7. The molecule has 0 radical (unpaired) electrons. The molecule has 45 heavy (non-hydrogen) atoms. The number of Topliss-reactive ketones (excluding diaryl/α,β-unsaturated/α-hetero) is 1. The Morgan fingerprint density at radius 3 is 2.49 bits per heavy atom. The summed E-state index contributed by atoms with van der Waals surface area (Å²) in [7, 11) is 0. The second kappa shape index (κ2) is 12.1. The lowest BCUT2D eigenvalue weighted by atomic mass is 9.98. The molecule has 2 fully saturated rings. The third kappa shape index (κ3) is 5.74. The van der Waals surface area contributed by atoms with Crippen molar-refractivity contribution in [3.8, 4) is 17.2 Å². The molecule has 3 aliphatic rings. The standard InChI is InChI=1S/C36H38FN5O3/c1-23-17-25-19-27(20-26(25)21-33(23)41-11-9-28(10-12-41)40-13-15-44-16-14-40)35(43)30-22-39-42(36(30)38)32-8-7-29(18-24(32)2)45-34-6-4-3-5-31(34)37/h3-8,17-19,21-22,28H,9-16,20,38H2,1-2H3. The minimum Gasteiger partial charge on any atom is -0.454 e. The van der Waals surface area contributed by atoms with E-state index >= 15 is 0 Å². The SMILES string of the molecule is Cc1cc2c(cc1N1CCC(N3CCOCC3)CC1)CC(C(=O)c1cnn(-c3ccc(Oc4ccccc4F)cc3C)c1N)=C2. The minimum atomic E-state index is -0.433. The predicted molar refractivity (Wildman–Crippen MR) is 174 cm³/mol. The second-order valence-electron chi connectivity index (χ2n) is 12.2. The van der Waals surface area contributed by atoms with Crippen LogP contribution in [0.4, 0.5) is 15.9 Å². The van der Waals surface area contributed by atoms with Gasteiger partial charge in [0, 0.05) is 49.9 Å². The van der Waals surface area contributed by atoms with Gasteiger partial charge >= 0.3 is 0 Å². The van der Waals surface area contributed by atoms with E-state index in [1.807, 2.05) is 19.1 Å². The van der Waals surface area contributed by atoms with Gasteiger partial charge in [-0.3, -0.25) is 9.69 Å². The predicted octanol–water partition coefficient (Wildman–Crippen LogP) is 6.13. The highest BCUT2D eigenvalue weighted by Crippen LogP contribution is 2.36. The average Bonchev–Trinajstić information content (AvgIpc) is 3.65. The number of allylic oxidation sites excluding steroid dienone is 1. The first kappa shape index (κ1) is 29.3. The summed E-state index contributed by atoms with van der Waals surface area (Å²) in [5, 5.41) is 4.47. The third-order valence-corrected chi connectivity index (χ3v) is 9.34. The van der Waals surface area contributed by atoms with Crippen LogP contribution in [0.1, 0.15) is 45.5 Å². The van der Waals surface area contributed by atoms with Crippen molar-refractivity contribution in [2.75, 3.05) is 50.0 Å². The number of carbonyl (C=O) groups is 1. The maximum Gasteiger partial charge on any atom is 0.194 e. The van der Waals surface area contributed by atoms with Crippen LogP contribution in [0.3, 0.4) is 0 Å². The molecule has 2 saturated heterocycles. The molecule has 0 spiro atoms. The van der Waals surface area contributed by atoms with Crippen molar-refractivity contribution in [2.24, 2.45) is 0 Å². The monoisotopic (exact) mass is 607 g/mol. The Balaban J connectivity index is 1.04. The number of anilines is 2. The van der Waals surface area contributed by atoms with Crippen LogP contribution in [-0.4, -0.2) is 65.9 Å². The molecular weight excluding hydrogens is 569 g/mol. The van der Waals surface area contributed by atoms with Gasteiger partial charge in [0.05, 0.1) is 30.7 Å². The van der Waals surface area contributed by atoms with Gasteiger partial charge in [-0.25, -0.2) is 9.07 Å². The normalized spacial score (nSPS) is 17.3. The van der Waals surface area contributed by atoms with E-state index in [1.165, 1.54) is 22.9 Å². The lowest BCUT2D eigenvalue weighted by Crippen LogP contribution is -2.49. The van der Waals surface area contributed by atoms with Crippen LogP contribution >= 0.6 is 0 Å². The second-order valence-corrected chi connectivity index (χ2v) is 12.2. The molecular formula is C36H38FN5O3. The van der Waals surface area contributed by atoms with Crippen LogP contribution in [-0.2, 0) is 11.2 Å². The molecule has 9 heteroatoms. The van der Waals surface area contributed by atoms with E-state index in [0.29, 0.717) is 35.0 Å². The summed E-state index contributed by atoms with van der Waals surface area (Å²) in [4.78, 5) is 18.8. The van der Waals surface area contributed by atoms with Crippen molar-refractivity contribution < 1.29 is 18.7 Å². The highest BCUT2D eigenvalue weighted by atomic mass is 19.1. The van der Waals surface area contributed by atoms with Crippen LogP contribution in [0.25, 0.3) is 11.8 Å². The molecule has 0 saturated carbocycles. The third-order valence-electron chi connectivity index (χ3n) is 9.34. The van der Waals surface area contributed by atoms with Gasteiger partial charge in [-0.15, -0.1) is 0 Å². The number of halogens is 1. The van der Waals surface area contributed by atoms with Crippen molar-refractivity contribution in [3.05, 3.63) is 100 Å². The Bertz CT molecular complexity index is 1780. The van der Waals surface area contributed by atoms with E-state index in [1.54, 1.807) is 41.2 Å². The summed E-state index contributed by atoms with van der Waals surface area (Å²) in [5.74, 6) is 0.379. The molecule has 1 aliphatic carbocycles. The summed E-state index contributed by atoms with van der Waals surface area (Å²) < 4.78 is 26.9. The van der Waals surface area contributed by atoms with Crippen molar-refractivity contribution >= 4 is 23.4 Å². The molecule has 0 amide bonds. The van der Waals surface area contributed by atoms with E-state index in [9.17, 15) is 9.18 Å². The van der Waals surface area contributed by atoms with E-state index in [-0.39, 0.29) is 17.4 Å². The van der Waals surface area contributed by atoms with Crippen molar-refractivity contribution in [3.63, 3.8) is 0 Å². The number of benzene rings is 3. The first-order chi connectivity index (χ1) is 21.9. The number of para-hydroxylation sites is 1. The molecule has 3 aromatic carbocycles. The Labute approximate surface area is 262 Å². The fourth-order valence-electron chi connectivity index (χ4n) is 6.88. The number of fused-ring (bicyclic) bond motifs is 1. The first-order valence-electron chi connectivity index (χ1n) is 15.7.